The van der Waals surface area contributed by atoms with Crippen LogP contribution in [0.15, 0.2) is 122 Å². The molecule has 0 amide bonds. The largest absolute Gasteiger partial charge is 0.497 e. The minimum Gasteiger partial charge on any atom is -0.497 e. The Morgan fingerprint density at radius 2 is 1.00 bits per heavy atom. The first-order chi connectivity index (χ1) is 22.6. The van der Waals surface area contributed by atoms with Crippen molar-refractivity contribution in [3.63, 3.8) is 0 Å². The Hall–Kier alpha value is -5.42. The smallest absolute Gasteiger partial charge is 0.119 e. The maximum absolute atomic E-state index is 5.73. The van der Waals surface area contributed by atoms with Gasteiger partial charge in [-0.1, -0.05) is 48.5 Å². The second kappa shape index (κ2) is 11.2. The van der Waals surface area contributed by atoms with Crippen LogP contribution in [0.1, 0.15) is 36.5 Å². The van der Waals surface area contributed by atoms with Crippen molar-refractivity contribution in [3.8, 4) is 17.2 Å². The normalized spacial score (nSPS) is 11.8. The Kier molecular flexibility index (Phi) is 6.83. The Balaban J connectivity index is 1.38. The van der Waals surface area contributed by atoms with Gasteiger partial charge in [0.1, 0.15) is 11.5 Å². The molecule has 0 radical (unpaired) electrons. The van der Waals surface area contributed by atoms with Gasteiger partial charge >= 0.3 is 0 Å². The molecule has 3 heterocycles. The molecule has 228 valence electrons. The van der Waals surface area contributed by atoms with E-state index in [0.29, 0.717) is 0 Å². The zero-order valence-electron chi connectivity index (χ0n) is 26.7. The molecule has 0 aliphatic heterocycles. The number of hydrogen-bond acceptors (Lipinski definition) is 2. The number of ether oxygens (including phenoxy) is 2. The highest BCUT2D eigenvalue weighted by Gasteiger charge is 2.26. The first-order valence-electron chi connectivity index (χ1n) is 16.1. The average molecular weight is 604 g/mol. The molecule has 5 nitrogen and oxygen atoms in total. The van der Waals surface area contributed by atoms with E-state index in [1.807, 2.05) is 0 Å². The number of rotatable bonds is 8. The lowest BCUT2D eigenvalue weighted by molar-refractivity contribution is 0.415. The van der Waals surface area contributed by atoms with Crippen molar-refractivity contribution in [2.45, 2.75) is 32.9 Å². The van der Waals surface area contributed by atoms with Crippen LogP contribution in [0.2, 0.25) is 0 Å². The van der Waals surface area contributed by atoms with Crippen molar-refractivity contribution in [3.05, 3.63) is 138 Å². The van der Waals surface area contributed by atoms with Crippen molar-refractivity contribution >= 4 is 43.6 Å². The van der Waals surface area contributed by atoms with Crippen molar-refractivity contribution < 1.29 is 9.47 Å². The van der Waals surface area contributed by atoms with Crippen LogP contribution in [0.3, 0.4) is 0 Å². The van der Waals surface area contributed by atoms with Gasteiger partial charge in [-0.05, 0) is 91.2 Å². The van der Waals surface area contributed by atoms with Gasteiger partial charge in [0.25, 0.3) is 0 Å². The Morgan fingerprint density at radius 1 is 0.522 bits per heavy atom. The van der Waals surface area contributed by atoms with Crippen LogP contribution < -0.4 is 9.47 Å². The molecule has 0 spiro atoms. The maximum atomic E-state index is 5.73. The van der Waals surface area contributed by atoms with E-state index in [0.717, 1.165) is 30.3 Å². The summed E-state index contributed by atoms with van der Waals surface area (Å²) in [5.41, 5.74) is 9.75. The van der Waals surface area contributed by atoms with Crippen LogP contribution in [0.25, 0.3) is 49.3 Å². The second-order valence-electron chi connectivity index (χ2n) is 11.9. The third kappa shape index (κ3) is 4.30. The summed E-state index contributed by atoms with van der Waals surface area (Å²) in [6, 6.07) is 39.4. The van der Waals surface area contributed by atoms with Crippen molar-refractivity contribution in [1.29, 1.82) is 0 Å². The summed E-state index contributed by atoms with van der Waals surface area (Å²) >= 11 is 0. The zero-order chi connectivity index (χ0) is 31.4. The van der Waals surface area contributed by atoms with Crippen LogP contribution >= 0.6 is 0 Å². The van der Waals surface area contributed by atoms with Crippen LogP contribution in [0, 0.1) is 0 Å². The lowest BCUT2D eigenvalue weighted by atomic mass is 9.84. The topological polar surface area (TPSA) is 33.2 Å². The highest BCUT2D eigenvalue weighted by Crippen LogP contribution is 2.43. The monoisotopic (exact) mass is 603 g/mol. The summed E-state index contributed by atoms with van der Waals surface area (Å²) in [5, 5.41) is 4.95. The Bertz CT molecular complexity index is 2230. The summed E-state index contributed by atoms with van der Waals surface area (Å²) in [6.07, 6.45) is 4.68. The van der Waals surface area contributed by atoms with Gasteiger partial charge in [-0.25, -0.2) is 0 Å². The van der Waals surface area contributed by atoms with Crippen molar-refractivity contribution in [2.75, 3.05) is 14.2 Å². The molecule has 0 bridgehead atoms. The molecular formula is C41H37N3O2. The molecule has 5 heteroatoms. The van der Waals surface area contributed by atoms with E-state index in [2.05, 4.69) is 149 Å². The number of aromatic nitrogens is 3. The van der Waals surface area contributed by atoms with Gasteiger partial charge in [0.15, 0.2) is 0 Å². The van der Waals surface area contributed by atoms with E-state index in [9.17, 15) is 0 Å². The predicted octanol–water partition coefficient (Wildman–Crippen LogP) is 9.93. The summed E-state index contributed by atoms with van der Waals surface area (Å²) in [5.74, 6) is 1.71. The molecule has 0 atom stereocenters. The van der Waals surface area contributed by atoms with Gasteiger partial charge in [-0.3, -0.25) is 0 Å². The SMILES string of the molecule is CCn1cc(C(c2ccc(-n3c4ccccc4c4ccccc43)cc2)c2cn(CC)c3ccc(OC)cc23)c2cc(OC)ccc21. The standard InChI is InChI=1S/C41H37N3O2/c1-5-42-25-35(33-23-29(45-3)19-21-37(33)42)41(36-26-43(6-2)38-22-20-30(46-4)24-34(36)38)27-15-17-28(18-16-27)44-39-13-9-7-11-31(39)32-12-8-10-14-40(32)44/h7-26,41H,5-6H2,1-4H3. The molecule has 8 rings (SSSR count). The molecule has 5 aromatic carbocycles. The minimum absolute atomic E-state index is 0.0167. The number of nitrogens with zero attached hydrogens (tertiary/aromatic N) is 3. The molecule has 0 saturated carbocycles. The van der Waals surface area contributed by atoms with E-state index < -0.39 is 0 Å². The van der Waals surface area contributed by atoms with Gasteiger partial charge in [0.2, 0.25) is 0 Å². The fraction of sp³-hybridized carbons (Fsp3) is 0.171. The first-order valence-corrected chi connectivity index (χ1v) is 16.1. The van der Waals surface area contributed by atoms with Gasteiger partial charge in [-0.15, -0.1) is 0 Å². The van der Waals surface area contributed by atoms with E-state index in [4.69, 9.17) is 9.47 Å². The Morgan fingerprint density at radius 3 is 1.46 bits per heavy atom. The molecule has 0 unspecified atom stereocenters. The van der Waals surface area contributed by atoms with E-state index in [1.54, 1.807) is 14.2 Å². The van der Waals surface area contributed by atoms with Crippen LogP contribution in [-0.2, 0) is 13.1 Å². The molecule has 46 heavy (non-hydrogen) atoms. The van der Waals surface area contributed by atoms with Gasteiger partial charge in [-0.2, -0.15) is 0 Å². The van der Waals surface area contributed by atoms with E-state index in [1.165, 1.54) is 60.3 Å². The third-order valence-electron chi connectivity index (χ3n) is 9.61. The van der Waals surface area contributed by atoms with E-state index >= 15 is 0 Å². The lowest BCUT2D eigenvalue weighted by Crippen LogP contribution is -2.04. The van der Waals surface area contributed by atoms with Crippen molar-refractivity contribution in [1.82, 2.24) is 13.7 Å². The summed E-state index contributed by atoms with van der Waals surface area (Å²) in [4.78, 5) is 0. The highest BCUT2D eigenvalue weighted by atomic mass is 16.5. The second-order valence-corrected chi connectivity index (χ2v) is 11.9. The maximum Gasteiger partial charge on any atom is 0.119 e. The summed E-state index contributed by atoms with van der Waals surface area (Å²) < 4.78 is 18.5. The highest BCUT2D eigenvalue weighted by molar-refractivity contribution is 6.09. The van der Waals surface area contributed by atoms with Crippen LogP contribution in [0.4, 0.5) is 0 Å². The number of methoxy groups -OCH3 is 2. The number of benzene rings is 5. The van der Waals surface area contributed by atoms with Crippen molar-refractivity contribution in [2.24, 2.45) is 0 Å². The fourth-order valence-electron chi connectivity index (χ4n) is 7.39. The molecule has 8 aromatic rings. The Labute approximate surface area is 268 Å². The molecule has 0 aliphatic carbocycles. The number of fused-ring (bicyclic) bond motifs is 5. The number of hydrogen-bond donors (Lipinski definition) is 0. The summed E-state index contributed by atoms with van der Waals surface area (Å²) in [7, 11) is 3.48. The predicted molar refractivity (Wildman–Crippen MR) is 190 cm³/mol. The minimum atomic E-state index is -0.0167. The third-order valence-corrected chi connectivity index (χ3v) is 9.61. The molecule has 0 aliphatic rings. The fourth-order valence-corrected chi connectivity index (χ4v) is 7.39. The summed E-state index contributed by atoms with van der Waals surface area (Å²) in [6.45, 7) is 6.17. The average Bonchev–Trinajstić information content (AvgIpc) is 3.78. The lowest BCUT2D eigenvalue weighted by Gasteiger charge is -2.19. The van der Waals surface area contributed by atoms with Gasteiger partial charge in [0.05, 0.1) is 25.3 Å². The van der Waals surface area contributed by atoms with Crippen LogP contribution in [-0.4, -0.2) is 27.9 Å². The quantitative estimate of drug-likeness (QED) is 0.173. The molecule has 3 aromatic heterocycles. The van der Waals surface area contributed by atoms with Gasteiger partial charge < -0.3 is 23.2 Å². The number of para-hydroxylation sites is 2. The van der Waals surface area contributed by atoms with Crippen LogP contribution in [0.5, 0.6) is 11.5 Å². The molecular weight excluding hydrogens is 566 g/mol. The first kappa shape index (κ1) is 28.1. The van der Waals surface area contributed by atoms with Gasteiger partial charge in [0, 0.05) is 69.7 Å². The molecule has 0 N–H and O–H groups in total. The number of aryl methyl sites for hydroxylation is 2. The van der Waals surface area contributed by atoms with E-state index in [-0.39, 0.29) is 5.92 Å². The zero-order valence-corrected chi connectivity index (χ0v) is 26.7. The molecule has 0 fully saturated rings. The molecule has 0 saturated heterocycles.